The lowest BCUT2D eigenvalue weighted by Crippen LogP contribution is -2.38. The number of rotatable bonds is 4. The number of nitrogens with zero attached hydrogens (tertiary/aromatic N) is 1. The van der Waals surface area contributed by atoms with Gasteiger partial charge in [0, 0.05) is 17.5 Å². The Labute approximate surface area is 189 Å². The molecule has 0 aliphatic heterocycles. The van der Waals surface area contributed by atoms with Gasteiger partial charge in [-0.3, -0.25) is 9.59 Å². The van der Waals surface area contributed by atoms with Gasteiger partial charge in [-0.2, -0.15) is 0 Å². The molecule has 3 aromatic rings. The molecule has 0 radical (unpaired) electrons. The molecular weight excluding hydrogens is 398 g/mol. The molecule has 2 N–H and O–H groups in total. The zero-order chi connectivity index (χ0) is 21.9. The smallest absolute Gasteiger partial charge is 0.270 e. The van der Waals surface area contributed by atoms with Gasteiger partial charge in [0.05, 0.1) is 0 Å². The summed E-state index contributed by atoms with van der Waals surface area (Å²) < 4.78 is 0. The Hall–Kier alpha value is -2.95. The van der Waals surface area contributed by atoms with E-state index in [0.29, 0.717) is 11.4 Å². The average molecular weight is 430 g/mol. The number of fused-ring (bicyclic) bond motifs is 3. The van der Waals surface area contributed by atoms with Gasteiger partial charge in [0.15, 0.2) is 0 Å². The number of benzene rings is 2. The largest absolute Gasteiger partial charge is 0.348 e. The molecule has 0 bridgehead atoms. The molecule has 5 heteroatoms. The van der Waals surface area contributed by atoms with E-state index in [9.17, 15) is 9.59 Å². The normalized spacial score (nSPS) is 18.0. The summed E-state index contributed by atoms with van der Waals surface area (Å²) in [6, 6.07) is 14.3. The second kappa shape index (κ2) is 9.27. The number of carbonyl (C=O) groups is 2. The van der Waals surface area contributed by atoms with E-state index in [0.717, 1.165) is 72.9 Å². The van der Waals surface area contributed by atoms with Crippen molar-refractivity contribution in [2.75, 3.05) is 0 Å². The number of hydrogen-bond donors (Lipinski definition) is 2. The molecule has 2 aliphatic rings. The number of hydrogen-bond acceptors (Lipinski definition) is 3. The van der Waals surface area contributed by atoms with Crippen molar-refractivity contribution >= 4 is 33.4 Å². The van der Waals surface area contributed by atoms with E-state index in [-0.39, 0.29) is 23.9 Å². The summed E-state index contributed by atoms with van der Waals surface area (Å²) in [6.45, 7) is 0. The van der Waals surface area contributed by atoms with Crippen molar-refractivity contribution in [3.8, 4) is 0 Å². The van der Waals surface area contributed by atoms with Crippen LogP contribution >= 0.6 is 0 Å². The maximum absolute atomic E-state index is 13.3. The molecule has 2 saturated carbocycles. The summed E-state index contributed by atoms with van der Waals surface area (Å²) in [6.07, 6.45) is 11.1. The fraction of sp³-hybridized carbons (Fsp3) is 0.444. The molecule has 2 fully saturated rings. The maximum Gasteiger partial charge on any atom is 0.270 e. The van der Waals surface area contributed by atoms with E-state index in [1.807, 2.05) is 36.4 Å². The van der Waals surface area contributed by atoms with E-state index < -0.39 is 0 Å². The van der Waals surface area contributed by atoms with Crippen LogP contribution < -0.4 is 10.6 Å². The molecule has 0 unspecified atom stereocenters. The molecular formula is C27H31N3O2. The molecule has 32 heavy (non-hydrogen) atoms. The quantitative estimate of drug-likeness (QED) is 0.537. The highest BCUT2D eigenvalue weighted by Gasteiger charge is 2.23. The predicted octanol–water partition coefficient (Wildman–Crippen LogP) is 5.51. The van der Waals surface area contributed by atoms with Crippen molar-refractivity contribution in [2.24, 2.45) is 0 Å². The van der Waals surface area contributed by atoms with Crippen molar-refractivity contribution in [2.45, 2.75) is 76.3 Å². The summed E-state index contributed by atoms with van der Waals surface area (Å²) in [5.41, 5.74) is 0.681. The number of pyridine rings is 1. The Balaban J connectivity index is 1.54. The fourth-order valence-corrected chi connectivity index (χ4v) is 5.30. The molecule has 166 valence electrons. The third-order valence-electron chi connectivity index (χ3n) is 7.07. The van der Waals surface area contributed by atoms with Crippen molar-refractivity contribution in [1.29, 1.82) is 0 Å². The zero-order valence-electron chi connectivity index (χ0n) is 18.5. The lowest BCUT2D eigenvalue weighted by Gasteiger charge is -2.24. The van der Waals surface area contributed by atoms with Crippen LogP contribution in [0.2, 0.25) is 0 Å². The molecule has 2 aliphatic carbocycles. The summed E-state index contributed by atoms with van der Waals surface area (Å²) in [7, 11) is 0. The van der Waals surface area contributed by atoms with Crippen LogP contribution in [0, 0.1) is 0 Å². The third-order valence-corrected chi connectivity index (χ3v) is 7.07. The first kappa shape index (κ1) is 20.9. The molecule has 2 aromatic carbocycles. The predicted molar refractivity (Wildman–Crippen MR) is 128 cm³/mol. The van der Waals surface area contributed by atoms with Gasteiger partial charge in [-0.15, -0.1) is 0 Å². The summed E-state index contributed by atoms with van der Waals surface area (Å²) in [5, 5.41) is 10.2. The van der Waals surface area contributed by atoms with Crippen molar-refractivity contribution < 1.29 is 9.59 Å². The topological polar surface area (TPSA) is 71.1 Å². The van der Waals surface area contributed by atoms with Crippen molar-refractivity contribution in [1.82, 2.24) is 15.6 Å². The Morgan fingerprint density at radius 1 is 0.688 bits per heavy atom. The minimum atomic E-state index is -0.182. The number of nitrogens with one attached hydrogen (secondary N) is 2. The minimum Gasteiger partial charge on any atom is -0.348 e. The van der Waals surface area contributed by atoms with E-state index in [2.05, 4.69) is 21.7 Å². The molecule has 1 aromatic heterocycles. The Morgan fingerprint density at radius 2 is 1.31 bits per heavy atom. The highest BCUT2D eigenvalue weighted by Crippen LogP contribution is 2.29. The fourth-order valence-electron chi connectivity index (χ4n) is 5.30. The molecule has 0 saturated heterocycles. The lowest BCUT2D eigenvalue weighted by atomic mass is 9.95. The Bertz CT molecular complexity index is 1140. The molecule has 2 amide bonds. The van der Waals surface area contributed by atoms with Crippen molar-refractivity contribution in [3.05, 3.63) is 53.9 Å². The minimum absolute atomic E-state index is 0.176. The molecule has 5 rings (SSSR count). The summed E-state index contributed by atoms with van der Waals surface area (Å²) in [4.78, 5) is 31.1. The van der Waals surface area contributed by atoms with E-state index in [4.69, 9.17) is 0 Å². The third kappa shape index (κ3) is 4.34. The van der Waals surface area contributed by atoms with Gasteiger partial charge in [-0.05, 0) is 47.9 Å². The van der Waals surface area contributed by atoms with Crippen LogP contribution in [0.4, 0.5) is 0 Å². The molecule has 5 nitrogen and oxygen atoms in total. The van der Waals surface area contributed by atoms with Crippen LogP contribution in [0.15, 0.2) is 42.5 Å². The molecule has 0 atom stereocenters. The summed E-state index contributed by atoms with van der Waals surface area (Å²) >= 11 is 0. The Kier molecular flexibility index (Phi) is 6.06. The molecule has 1 heterocycles. The average Bonchev–Trinajstić information content (AvgIpc) is 2.84. The van der Waals surface area contributed by atoms with Crippen LogP contribution in [-0.2, 0) is 0 Å². The van der Waals surface area contributed by atoms with E-state index in [1.54, 1.807) is 0 Å². The van der Waals surface area contributed by atoms with Crippen LogP contribution in [0.5, 0.6) is 0 Å². The number of aromatic nitrogens is 1. The van der Waals surface area contributed by atoms with E-state index >= 15 is 0 Å². The monoisotopic (exact) mass is 429 g/mol. The number of amides is 2. The molecule has 0 spiro atoms. The van der Waals surface area contributed by atoms with Gasteiger partial charge < -0.3 is 10.6 Å². The van der Waals surface area contributed by atoms with Gasteiger partial charge in [0.2, 0.25) is 0 Å². The maximum atomic E-state index is 13.3. The first-order valence-corrected chi connectivity index (χ1v) is 12.1. The van der Waals surface area contributed by atoms with Gasteiger partial charge in [-0.25, -0.2) is 4.98 Å². The second-order valence-corrected chi connectivity index (χ2v) is 9.35. The van der Waals surface area contributed by atoms with Crippen LogP contribution in [0.3, 0.4) is 0 Å². The zero-order valence-corrected chi connectivity index (χ0v) is 18.5. The van der Waals surface area contributed by atoms with E-state index in [1.165, 1.54) is 12.8 Å². The van der Waals surface area contributed by atoms with Gasteiger partial charge in [0.1, 0.15) is 11.4 Å². The van der Waals surface area contributed by atoms with Crippen LogP contribution in [0.25, 0.3) is 21.5 Å². The SMILES string of the molecule is O=C(NC1CCCCC1)c1cc2c(ccc3ccccc32)c(C(=O)NC2CCCCC2)n1. The Morgan fingerprint density at radius 3 is 2.00 bits per heavy atom. The number of carbonyl (C=O) groups excluding carboxylic acids is 2. The highest BCUT2D eigenvalue weighted by atomic mass is 16.2. The first-order valence-electron chi connectivity index (χ1n) is 12.1. The van der Waals surface area contributed by atoms with Crippen LogP contribution in [-0.4, -0.2) is 28.9 Å². The van der Waals surface area contributed by atoms with Gasteiger partial charge >= 0.3 is 0 Å². The van der Waals surface area contributed by atoms with Gasteiger partial charge in [0.25, 0.3) is 11.8 Å². The standard InChI is InChI=1S/C27H31N3O2/c31-26(28-19-10-3-1-4-11-19)24-17-23-21-14-8-7-9-18(21)15-16-22(23)25(30-24)27(32)29-20-12-5-2-6-13-20/h7-9,14-17,19-20H,1-6,10-13H2,(H,28,31)(H,29,32). The van der Waals surface area contributed by atoms with Crippen molar-refractivity contribution in [3.63, 3.8) is 0 Å². The van der Waals surface area contributed by atoms with Crippen LogP contribution in [0.1, 0.15) is 85.2 Å². The summed E-state index contributed by atoms with van der Waals surface area (Å²) in [5.74, 6) is -0.358. The second-order valence-electron chi connectivity index (χ2n) is 9.35. The highest BCUT2D eigenvalue weighted by molar-refractivity contribution is 6.15. The first-order chi connectivity index (χ1) is 15.7. The lowest BCUT2D eigenvalue weighted by molar-refractivity contribution is 0.0920. The van der Waals surface area contributed by atoms with Gasteiger partial charge in [-0.1, -0.05) is 74.9 Å².